The molecule has 0 radical (unpaired) electrons. The number of H-pyrrole nitrogens is 1. The third kappa shape index (κ3) is 2.87. The van der Waals surface area contributed by atoms with E-state index in [1.54, 1.807) is 0 Å². The first-order chi connectivity index (χ1) is 9.84. The summed E-state index contributed by atoms with van der Waals surface area (Å²) in [5.74, 6) is 0.317. The van der Waals surface area contributed by atoms with Crippen molar-refractivity contribution in [3.63, 3.8) is 0 Å². The van der Waals surface area contributed by atoms with Crippen molar-refractivity contribution < 1.29 is 4.79 Å². The van der Waals surface area contributed by atoms with Crippen LogP contribution in [-0.2, 0) is 11.2 Å². The molecule has 0 bridgehead atoms. The van der Waals surface area contributed by atoms with Crippen molar-refractivity contribution in [3.8, 4) is 0 Å². The number of nitrogens with one attached hydrogen (secondary N) is 1. The van der Waals surface area contributed by atoms with E-state index in [1.807, 2.05) is 12.3 Å². The standard InChI is InChI=1S/C17H22N2O/c20-17(19-11-5-1-2-6-12-19)10-9-14-13-18-16-8-4-3-7-15(14)16/h3-4,7-8,13,18H,1-2,5-6,9-12H2. The number of nitrogens with zero attached hydrogens (tertiary/aromatic N) is 1. The van der Waals surface area contributed by atoms with E-state index in [0.717, 1.165) is 25.0 Å². The maximum absolute atomic E-state index is 12.3. The molecule has 1 aromatic carbocycles. The monoisotopic (exact) mass is 270 g/mol. The van der Waals surface area contributed by atoms with Crippen LogP contribution >= 0.6 is 0 Å². The number of aryl methyl sites for hydroxylation is 1. The first kappa shape index (κ1) is 13.2. The Morgan fingerprint density at radius 2 is 1.85 bits per heavy atom. The molecule has 2 aromatic rings. The first-order valence-corrected chi connectivity index (χ1v) is 7.67. The predicted molar refractivity (Wildman–Crippen MR) is 81.7 cm³/mol. The van der Waals surface area contributed by atoms with Gasteiger partial charge in [-0.25, -0.2) is 0 Å². The topological polar surface area (TPSA) is 36.1 Å². The molecule has 0 unspecified atom stereocenters. The van der Waals surface area contributed by atoms with Crippen molar-refractivity contribution in [3.05, 3.63) is 36.0 Å². The van der Waals surface area contributed by atoms with Gasteiger partial charge in [0, 0.05) is 36.6 Å². The number of aromatic amines is 1. The lowest BCUT2D eigenvalue weighted by Gasteiger charge is -2.20. The van der Waals surface area contributed by atoms with Crippen LogP contribution in [0.1, 0.15) is 37.7 Å². The van der Waals surface area contributed by atoms with E-state index in [0.29, 0.717) is 12.3 Å². The van der Waals surface area contributed by atoms with Gasteiger partial charge in [-0.15, -0.1) is 0 Å². The second kappa shape index (κ2) is 6.12. The van der Waals surface area contributed by atoms with Crippen molar-refractivity contribution in [2.75, 3.05) is 13.1 Å². The second-order valence-corrected chi connectivity index (χ2v) is 5.65. The number of hydrogen-bond donors (Lipinski definition) is 1. The Kier molecular flexibility index (Phi) is 4.05. The molecule has 3 rings (SSSR count). The Labute approximate surface area is 120 Å². The highest BCUT2D eigenvalue weighted by atomic mass is 16.2. The van der Waals surface area contributed by atoms with E-state index in [-0.39, 0.29) is 0 Å². The van der Waals surface area contributed by atoms with E-state index in [4.69, 9.17) is 0 Å². The molecule has 2 heterocycles. The first-order valence-electron chi connectivity index (χ1n) is 7.67. The van der Waals surface area contributed by atoms with Crippen LogP contribution in [0.15, 0.2) is 30.5 Å². The molecule has 1 aliphatic heterocycles. The molecule has 1 fully saturated rings. The highest BCUT2D eigenvalue weighted by Crippen LogP contribution is 2.19. The van der Waals surface area contributed by atoms with Crippen LogP contribution in [0.2, 0.25) is 0 Å². The average molecular weight is 270 g/mol. The molecule has 0 atom stereocenters. The fourth-order valence-corrected chi connectivity index (χ4v) is 3.06. The number of fused-ring (bicyclic) bond motifs is 1. The minimum atomic E-state index is 0.317. The largest absolute Gasteiger partial charge is 0.361 e. The van der Waals surface area contributed by atoms with Crippen LogP contribution in [0.25, 0.3) is 10.9 Å². The summed E-state index contributed by atoms with van der Waals surface area (Å²) in [4.78, 5) is 17.6. The lowest BCUT2D eigenvalue weighted by molar-refractivity contribution is -0.131. The Balaban J connectivity index is 1.62. The van der Waals surface area contributed by atoms with Gasteiger partial charge < -0.3 is 9.88 Å². The van der Waals surface area contributed by atoms with Crippen LogP contribution in [0.4, 0.5) is 0 Å². The molecule has 0 saturated carbocycles. The van der Waals surface area contributed by atoms with Crippen LogP contribution in [0, 0.1) is 0 Å². The summed E-state index contributed by atoms with van der Waals surface area (Å²) >= 11 is 0. The number of hydrogen-bond acceptors (Lipinski definition) is 1. The zero-order chi connectivity index (χ0) is 13.8. The second-order valence-electron chi connectivity index (χ2n) is 5.65. The van der Waals surface area contributed by atoms with Crippen molar-refractivity contribution in [1.82, 2.24) is 9.88 Å². The average Bonchev–Trinajstić information content (AvgIpc) is 2.70. The van der Waals surface area contributed by atoms with Gasteiger partial charge in [-0.2, -0.15) is 0 Å². The van der Waals surface area contributed by atoms with Gasteiger partial charge in [-0.05, 0) is 30.9 Å². The minimum absolute atomic E-state index is 0.317. The predicted octanol–water partition coefficient (Wildman–Crippen LogP) is 3.50. The van der Waals surface area contributed by atoms with E-state index in [1.165, 1.54) is 36.6 Å². The Hall–Kier alpha value is -1.77. The Morgan fingerprint density at radius 1 is 1.10 bits per heavy atom. The van der Waals surface area contributed by atoms with E-state index in [2.05, 4.69) is 28.1 Å². The number of aromatic nitrogens is 1. The fourth-order valence-electron chi connectivity index (χ4n) is 3.06. The highest BCUT2D eigenvalue weighted by Gasteiger charge is 2.15. The maximum Gasteiger partial charge on any atom is 0.222 e. The molecule has 0 aliphatic carbocycles. The summed E-state index contributed by atoms with van der Waals surface area (Å²) in [6.07, 6.45) is 8.37. The zero-order valence-corrected chi connectivity index (χ0v) is 11.9. The van der Waals surface area contributed by atoms with Gasteiger partial charge in [0.25, 0.3) is 0 Å². The molecule has 3 heteroatoms. The molecule has 0 spiro atoms. The van der Waals surface area contributed by atoms with Crippen molar-refractivity contribution in [2.24, 2.45) is 0 Å². The molecule has 1 amide bonds. The molecular weight excluding hydrogens is 248 g/mol. The minimum Gasteiger partial charge on any atom is -0.361 e. The smallest absolute Gasteiger partial charge is 0.222 e. The van der Waals surface area contributed by atoms with Crippen molar-refractivity contribution >= 4 is 16.8 Å². The number of amides is 1. The van der Waals surface area contributed by atoms with Gasteiger partial charge in [0.1, 0.15) is 0 Å². The summed E-state index contributed by atoms with van der Waals surface area (Å²) in [7, 11) is 0. The summed E-state index contributed by atoms with van der Waals surface area (Å²) in [5, 5.41) is 1.25. The summed E-state index contributed by atoms with van der Waals surface area (Å²) < 4.78 is 0. The van der Waals surface area contributed by atoms with Gasteiger partial charge in [0.2, 0.25) is 5.91 Å². The number of para-hydroxylation sites is 1. The molecule has 106 valence electrons. The van der Waals surface area contributed by atoms with Crippen LogP contribution < -0.4 is 0 Å². The van der Waals surface area contributed by atoms with Crippen LogP contribution in [0.5, 0.6) is 0 Å². The summed E-state index contributed by atoms with van der Waals surface area (Å²) in [6, 6.07) is 8.29. The van der Waals surface area contributed by atoms with Gasteiger partial charge in [0.05, 0.1) is 0 Å². The van der Waals surface area contributed by atoms with Crippen LogP contribution in [-0.4, -0.2) is 28.9 Å². The summed E-state index contributed by atoms with van der Waals surface area (Å²) in [6.45, 7) is 1.90. The van der Waals surface area contributed by atoms with Crippen LogP contribution in [0.3, 0.4) is 0 Å². The molecule has 1 aliphatic rings. The third-order valence-electron chi connectivity index (χ3n) is 4.24. The van der Waals surface area contributed by atoms with E-state index >= 15 is 0 Å². The van der Waals surface area contributed by atoms with Crippen molar-refractivity contribution in [2.45, 2.75) is 38.5 Å². The number of carbonyl (C=O) groups excluding carboxylic acids is 1. The number of carbonyl (C=O) groups is 1. The number of likely N-dealkylation sites (tertiary alicyclic amines) is 1. The Morgan fingerprint density at radius 3 is 2.65 bits per heavy atom. The van der Waals surface area contributed by atoms with Gasteiger partial charge >= 0.3 is 0 Å². The lowest BCUT2D eigenvalue weighted by Crippen LogP contribution is -2.31. The van der Waals surface area contributed by atoms with E-state index in [9.17, 15) is 4.79 Å². The SMILES string of the molecule is O=C(CCc1c[nH]c2ccccc12)N1CCCCCC1. The lowest BCUT2D eigenvalue weighted by atomic mass is 10.1. The third-order valence-corrected chi connectivity index (χ3v) is 4.24. The highest BCUT2D eigenvalue weighted by molar-refractivity contribution is 5.84. The quantitative estimate of drug-likeness (QED) is 0.910. The van der Waals surface area contributed by atoms with Gasteiger partial charge in [-0.1, -0.05) is 31.0 Å². The normalized spacial score (nSPS) is 16.3. The molecule has 20 heavy (non-hydrogen) atoms. The molecular formula is C17H22N2O. The molecule has 1 N–H and O–H groups in total. The van der Waals surface area contributed by atoms with E-state index < -0.39 is 0 Å². The molecule has 1 saturated heterocycles. The number of rotatable bonds is 3. The van der Waals surface area contributed by atoms with Gasteiger partial charge in [0.15, 0.2) is 0 Å². The van der Waals surface area contributed by atoms with Crippen molar-refractivity contribution in [1.29, 1.82) is 0 Å². The molecule has 3 nitrogen and oxygen atoms in total. The maximum atomic E-state index is 12.3. The number of benzene rings is 1. The van der Waals surface area contributed by atoms with Gasteiger partial charge in [-0.3, -0.25) is 4.79 Å². The molecule has 1 aromatic heterocycles. The summed E-state index contributed by atoms with van der Waals surface area (Å²) in [5.41, 5.74) is 2.41. The zero-order valence-electron chi connectivity index (χ0n) is 11.9. The fraction of sp³-hybridized carbons (Fsp3) is 0.471. The Bertz CT molecular complexity index is 579.